The molecule has 0 aliphatic rings. The zero-order chi connectivity index (χ0) is 17.7. The minimum absolute atomic E-state index is 0.0269. The fourth-order valence-corrected chi connectivity index (χ4v) is 2.82. The van der Waals surface area contributed by atoms with Crippen LogP contribution in [-0.2, 0) is 9.53 Å². The SMILES string of the molecule is CCOC(=O)CC(c1cccc(OC)c1OC)c1c(C)[nH][nH]c1=O. The minimum Gasteiger partial charge on any atom is -0.493 e. The Morgan fingerprint density at radius 3 is 2.50 bits per heavy atom. The van der Waals surface area contributed by atoms with Crippen molar-refractivity contribution in [3.63, 3.8) is 0 Å². The molecule has 0 bridgehead atoms. The summed E-state index contributed by atoms with van der Waals surface area (Å²) in [6, 6.07) is 5.38. The summed E-state index contributed by atoms with van der Waals surface area (Å²) >= 11 is 0. The van der Waals surface area contributed by atoms with Crippen LogP contribution in [0.1, 0.15) is 36.1 Å². The van der Waals surface area contributed by atoms with Gasteiger partial charge >= 0.3 is 5.97 Å². The van der Waals surface area contributed by atoms with Crippen molar-refractivity contribution in [2.75, 3.05) is 20.8 Å². The van der Waals surface area contributed by atoms with Crippen LogP contribution in [0.5, 0.6) is 11.5 Å². The quantitative estimate of drug-likeness (QED) is 0.757. The Hall–Kier alpha value is -2.70. The molecule has 24 heavy (non-hydrogen) atoms. The van der Waals surface area contributed by atoms with Gasteiger partial charge < -0.3 is 19.3 Å². The van der Waals surface area contributed by atoms with Crippen molar-refractivity contribution in [2.45, 2.75) is 26.2 Å². The second kappa shape index (κ2) is 7.72. The predicted molar refractivity (Wildman–Crippen MR) is 88.8 cm³/mol. The summed E-state index contributed by atoms with van der Waals surface area (Å²) < 4.78 is 15.9. The second-order valence-electron chi connectivity index (χ2n) is 5.26. The molecule has 7 heteroatoms. The zero-order valence-electron chi connectivity index (χ0n) is 14.3. The average molecular weight is 334 g/mol. The number of H-pyrrole nitrogens is 2. The monoisotopic (exact) mass is 334 g/mol. The van der Waals surface area contributed by atoms with Gasteiger partial charge in [0, 0.05) is 22.7 Å². The van der Waals surface area contributed by atoms with E-state index >= 15 is 0 Å². The topological polar surface area (TPSA) is 93.4 Å². The summed E-state index contributed by atoms with van der Waals surface area (Å²) in [5.41, 5.74) is 1.57. The van der Waals surface area contributed by atoms with Crippen molar-refractivity contribution in [1.29, 1.82) is 0 Å². The van der Waals surface area contributed by atoms with E-state index in [4.69, 9.17) is 14.2 Å². The highest BCUT2D eigenvalue weighted by Gasteiger charge is 2.28. The largest absolute Gasteiger partial charge is 0.493 e. The van der Waals surface area contributed by atoms with Crippen LogP contribution in [0.4, 0.5) is 0 Å². The molecule has 1 heterocycles. The van der Waals surface area contributed by atoms with Gasteiger partial charge in [-0.05, 0) is 19.9 Å². The Kier molecular flexibility index (Phi) is 5.68. The number of nitrogens with one attached hydrogen (secondary N) is 2. The fraction of sp³-hybridized carbons (Fsp3) is 0.412. The number of aromatic nitrogens is 2. The molecule has 1 aromatic carbocycles. The van der Waals surface area contributed by atoms with Crippen LogP contribution in [0.15, 0.2) is 23.0 Å². The van der Waals surface area contributed by atoms with Gasteiger partial charge in [0.25, 0.3) is 5.56 Å². The highest BCUT2D eigenvalue weighted by molar-refractivity contribution is 5.72. The van der Waals surface area contributed by atoms with Gasteiger partial charge in [0.15, 0.2) is 11.5 Å². The van der Waals surface area contributed by atoms with E-state index in [-0.39, 0.29) is 24.6 Å². The first-order valence-corrected chi connectivity index (χ1v) is 7.67. The number of para-hydroxylation sites is 1. The van der Waals surface area contributed by atoms with E-state index < -0.39 is 5.92 Å². The van der Waals surface area contributed by atoms with Crippen LogP contribution < -0.4 is 15.0 Å². The molecular formula is C17H22N2O5. The van der Waals surface area contributed by atoms with Gasteiger partial charge in [-0.15, -0.1) is 0 Å². The van der Waals surface area contributed by atoms with Crippen LogP contribution in [0.25, 0.3) is 0 Å². The molecule has 0 saturated heterocycles. The summed E-state index contributed by atoms with van der Waals surface area (Å²) in [6.45, 7) is 3.80. The fourth-order valence-electron chi connectivity index (χ4n) is 2.82. The Balaban J connectivity index is 2.59. The van der Waals surface area contributed by atoms with Crippen molar-refractivity contribution in [3.8, 4) is 11.5 Å². The first kappa shape index (κ1) is 17.7. The van der Waals surface area contributed by atoms with Gasteiger partial charge in [0.05, 0.1) is 27.2 Å². The van der Waals surface area contributed by atoms with Crippen molar-refractivity contribution >= 4 is 5.97 Å². The van der Waals surface area contributed by atoms with Gasteiger partial charge in [-0.3, -0.25) is 14.7 Å². The van der Waals surface area contributed by atoms with E-state index in [0.29, 0.717) is 28.3 Å². The van der Waals surface area contributed by atoms with Crippen molar-refractivity contribution in [3.05, 3.63) is 45.4 Å². The normalized spacial score (nSPS) is 11.8. The summed E-state index contributed by atoms with van der Waals surface area (Å²) in [5, 5.41) is 5.35. The number of aromatic amines is 2. The van der Waals surface area contributed by atoms with Crippen molar-refractivity contribution < 1.29 is 19.0 Å². The smallest absolute Gasteiger partial charge is 0.306 e. The number of benzene rings is 1. The standard InChI is InChI=1S/C17H22N2O5/c1-5-24-14(20)9-12(15-10(2)18-19-17(15)21)11-7-6-8-13(22-3)16(11)23-4/h6-8,12H,5,9H2,1-4H3,(H2,18,19,21). The molecular weight excluding hydrogens is 312 g/mol. The zero-order valence-corrected chi connectivity index (χ0v) is 14.3. The molecule has 0 fully saturated rings. The lowest BCUT2D eigenvalue weighted by Gasteiger charge is -2.20. The molecule has 0 aliphatic heterocycles. The molecule has 1 unspecified atom stereocenters. The second-order valence-corrected chi connectivity index (χ2v) is 5.26. The van der Waals surface area contributed by atoms with E-state index in [0.717, 1.165) is 0 Å². The maximum absolute atomic E-state index is 12.2. The van der Waals surface area contributed by atoms with E-state index in [2.05, 4.69) is 10.2 Å². The summed E-state index contributed by atoms with van der Waals surface area (Å²) in [4.78, 5) is 24.3. The minimum atomic E-state index is -0.510. The van der Waals surface area contributed by atoms with Gasteiger partial charge in [0.1, 0.15) is 0 Å². The van der Waals surface area contributed by atoms with E-state index in [9.17, 15) is 9.59 Å². The summed E-state index contributed by atoms with van der Waals surface area (Å²) in [7, 11) is 3.06. The first-order valence-electron chi connectivity index (χ1n) is 7.67. The lowest BCUT2D eigenvalue weighted by molar-refractivity contribution is -0.143. The molecule has 2 aromatic rings. The number of carbonyl (C=O) groups is 1. The molecule has 1 atom stereocenters. The Bertz CT molecular complexity index is 763. The Labute approximate surface area is 139 Å². The number of methoxy groups -OCH3 is 2. The van der Waals surface area contributed by atoms with Crippen LogP contribution in [-0.4, -0.2) is 37.0 Å². The number of esters is 1. The lowest BCUT2D eigenvalue weighted by atomic mass is 9.88. The predicted octanol–water partition coefficient (Wildman–Crippen LogP) is 2.11. The number of rotatable bonds is 7. The maximum atomic E-state index is 12.2. The van der Waals surface area contributed by atoms with E-state index in [1.807, 2.05) is 6.07 Å². The summed E-state index contributed by atoms with van der Waals surface area (Å²) in [6.07, 6.45) is 0.0269. The molecule has 7 nitrogen and oxygen atoms in total. The maximum Gasteiger partial charge on any atom is 0.306 e. The van der Waals surface area contributed by atoms with Crippen LogP contribution in [0.2, 0.25) is 0 Å². The number of hydrogen-bond acceptors (Lipinski definition) is 5. The molecule has 1 aromatic heterocycles. The number of ether oxygens (including phenoxy) is 3. The summed E-state index contributed by atoms with van der Waals surface area (Å²) in [5.74, 6) is 0.138. The van der Waals surface area contributed by atoms with Gasteiger partial charge in [-0.1, -0.05) is 12.1 Å². The highest BCUT2D eigenvalue weighted by atomic mass is 16.5. The number of aryl methyl sites for hydroxylation is 1. The molecule has 0 saturated carbocycles. The Morgan fingerprint density at radius 2 is 1.96 bits per heavy atom. The average Bonchev–Trinajstić information content (AvgIpc) is 2.91. The molecule has 130 valence electrons. The molecule has 0 amide bonds. The number of carbonyl (C=O) groups excluding carboxylic acids is 1. The third-order valence-corrected chi connectivity index (χ3v) is 3.85. The molecule has 0 aliphatic carbocycles. The molecule has 0 radical (unpaired) electrons. The molecule has 2 rings (SSSR count). The van der Waals surface area contributed by atoms with Gasteiger partial charge in [0.2, 0.25) is 0 Å². The Morgan fingerprint density at radius 1 is 1.21 bits per heavy atom. The van der Waals surface area contributed by atoms with E-state index in [1.165, 1.54) is 14.2 Å². The van der Waals surface area contributed by atoms with Crippen molar-refractivity contribution in [2.24, 2.45) is 0 Å². The first-order chi connectivity index (χ1) is 11.5. The van der Waals surface area contributed by atoms with E-state index in [1.54, 1.807) is 26.0 Å². The van der Waals surface area contributed by atoms with Crippen LogP contribution in [0, 0.1) is 6.92 Å². The third-order valence-electron chi connectivity index (χ3n) is 3.85. The van der Waals surface area contributed by atoms with Crippen LogP contribution in [0.3, 0.4) is 0 Å². The van der Waals surface area contributed by atoms with Crippen LogP contribution >= 0.6 is 0 Å². The van der Waals surface area contributed by atoms with Gasteiger partial charge in [-0.2, -0.15) is 0 Å². The van der Waals surface area contributed by atoms with Gasteiger partial charge in [-0.25, -0.2) is 0 Å². The third kappa shape index (κ3) is 3.45. The molecule has 0 spiro atoms. The molecule has 2 N–H and O–H groups in total. The highest BCUT2D eigenvalue weighted by Crippen LogP contribution is 2.39. The lowest BCUT2D eigenvalue weighted by Crippen LogP contribution is -2.18. The number of hydrogen-bond donors (Lipinski definition) is 2. The van der Waals surface area contributed by atoms with Crippen molar-refractivity contribution in [1.82, 2.24) is 10.2 Å².